The maximum Gasteiger partial charge on any atom is 0.306 e. The molecule has 0 aromatic heterocycles. The maximum absolute atomic E-state index is 12.2. The number of rotatable bonds is 4. The highest BCUT2D eigenvalue weighted by Gasteiger charge is 2.62. The molecular formula is C19H26O2. The van der Waals surface area contributed by atoms with Crippen LogP contribution in [0.15, 0.2) is 30.3 Å². The van der Waals surface area contributed by atoms with Crippen LogP contribution in [0.2, 0.25) is 0 Å². The second-order valence-corrected chi connectivity index (χ2v) is 7.57. The zero-order valence-electron chi connectivity index (χ0n) is 13.4. The summed E-state index contributed by atoms with van der Waals surface area (Å²) in [6.07, 6.45) is 4.93. The van der Waals surface area contributed by atoms with Crippen LogP contribution in [0.25, 0.3) is 0 Å². The van der Waals surface area contributed by atoms with Crippen LogP contribution in [-0.2, 0) is 16.0 Å². The Kier molecular flexibility index (Phi) is 3.59. The van der Waals surface area contributed by atoms with E-state index in [9.17, 15) is 4.79 Å². The smallest absolute Gasteiger partial charge is 0.306 e. The second kappa shape index (κ2) is 5.15. The molecule has 2 bridgehead atoms. The molecule has 2 heteroatoms. The monoisotopic (exact) mass is 286 g/mol. The molecule has 1 aromatic rings. The van der Waals surface area contributed by atoms with Gasteiger partial charge in [0.2, 0.25) is 0 Å². The lowest BCUT2D eigenvalue weighted by Crippen LogP contribution is -2.38. The number of hydrogen-bond acceptors (Lipinski definition) is 2. The molecule has 2 saturated carbocycles. The van der Waals surface area contributed by atoms with Crippen molar-refractivity contribution in [2.75, 3.05) is 0 Å². The highest BCUT2D eigenvalue weighted by Crippen LogP contribution is 2.66. The van der Waals surface area contributed by atoms with E-state index in [2.05, 4.69) is 32.9 Å². The van der Waals surface area contributed by atoms with Crippen molar-refractivity contribution >= 4 is 5.97 Å². The number of esters is 1. The Hall–Kier alpha value is -1.31. The number of carbonyl (C=O) groups excluding carboxylic acids is 1. The van der Waals surface area contributed by atoms with Crippen LogP contribution in [0.5, 0.6) is 0 Å². The van der Waals surface area contributed by atoms with Crippen molar-refractivity contribution in [3.8, 4) is 0 Å². The molecule has 0 aliphatic heterocycles. The fourth-order valence-electron chi connectivity index (χ4n) is 4.42. The van der Waals surface area contributed by atoms with Crippen molar-refractivity contribution in [3.05, 3.63) is 35.9 Å². The van der Waals surface area contributed by atoms with E-state index in [0.29, 0.717) is 11.8 Å². The molecule has 21 heavy (non-hydrogen) atoms. The first-order chi connectivity index (χ1) is 9.93. The molecule has 3 atom stereocenters. The van der Waals surface area contributed by atoms with Gasteiger partial charge in [0.05, 0.1) is 0 Å². The zero-order chi connectivity index (χ0) is 15.1. The minimum Gasteiger partial charge on any atom is -0.462 e. The molecule has 1 aromatic carbocycles. The van der Waals surface area contributed by atoms with Gasteiger partial charge in [0.25, 0.3) is 0 Å². The minimum absolute atomic E-state index is 0.0339. The summed E-state index contributed by atoms with van der Waals surface area (Å²) in [6.45, 7) is 7.01. The number of ether oxygens (including phenoxy) is 1. The molecule has 2 aliphatic rings. The van der Waals surface area contributed by atoms with E-state index in [1.807, 2.05) is 18.2 Å². The lowest BCUT2D eigenvalue weighted by Gasteiger charge is -2.38. The molecule has 2 fully saturated rings. The molecule has 2 nitrogen and oxygen atoms in total. The van der Waals surface area contributed by atoms with E-state index >= 15 is 0 Å². The quantitative estimate of drug-likeness (QED) is 0.768. The summed E-state index contributed by atoms with van der Waals surface area (Å²) < 4.78 is 5.87. The number of fused-ring (bicyclic) bond motifs is 2. The highest BCUT2D eigenvalue weighted by atomic mass is 16.5. The van der Waals surface area contributed by atoms with Crippen molar-refractivity contribution in [2.24, 2.45) is 16.7 Å². The third kappa shape index (κ3) is 2.39. The summed E-state index contributed by atoms with van der Waals surface area (Å²) in [5.74, 6) is 0.683. The molecule has 0 unspecified atom stereocenters. The first-order valence-electron chi connectivity index (χ1n) is 8.17. The Morgan fingerprint density at radius 3 is 2.52 bits per heavy atom. The van der Waals surface area contributed by atoms with Crippen molar-refractivity contribution in [3.63, 3.8) is 0 Å². The highest BCUT2D eigenvalue weighted by molar-refractivity contribution is 5.70. The van der Waals surface area contributed by atoms with E-state index in [1.54, 1.807) is 0 Å². The van der Waals surface area contributed by atoms with E-state index in [-0.39, 0.29) is 17.5 Å². The summed E-state index contributed by atoms with van der Waals surface area (Å²) in [6, 6.07) is 10.2. The Bertz CT molecular complexity index is 520. The van der Waals surface area contributed by atoms with Gasteiger partial charge in [-0.15, -0.1) is 0 Å². The number of benzene rings is 1. The average Bonchev–Trinajstić information content (AvgIpc) is 2.79. The van der Waals surface area contributed by atoms with Crippen LogP contribution in [0, 0.1) is 16.7 Å². The lowest BCUT2D eigenvalue weighted by molar-refractivity contribution is -0.156. The van der Waals surface area contributed by atoms with E-state index in [1.165, 1.54) is 18.4 Å². The van der Waals surface area contributed by atoms with Gasteiger partial charge in [0, 0.05) is 11.8 Å². The van der Waals surface area contributed by atoms with Crippen LogP contribution in [-0.4, -0.2) is 12.1 Å². The summed E-state index contributed by atoms with van der Waals surface area (Å²) in [5.41, 5.74) is 1.67. The maximum atomic E-state index is 12.2. The van der Waals surface area contributed by atoms with Gasteiger partial charge in [-0.3, -0.25) is 4.79 Å². The predicted molar refractivity (Wildman–Crippen MR) is 83.9 cm³/mol. The van der Waals surface area contributed by atoms with Gasteiger partial charge in [-0.05, 0) is 42.6 Å². The fourth-order valence-corrected chi connectivity index (χ4v) is 4.42. The molecule has 2 aliphatic carbocycles. The molecule has 114 valence electrons. The summed E-state index contributed by atoms with van der Waals surface area (Å²) in [4.78, 5) is 12.2. The predicted octanol–water partition coefficient (Wildman–Crippen LogP) is 4.38. The van der Waals surface area contributed by atoms with Gasteiger partial charge in [-0.25, -0.2) is 0 Å². The summed E-state index contributed by atoms with van der Waals surface area (Å²) in [5, 5.41) is 0. The lowest BCUT2D eigenvalue weighted by atomic mass is 9.70. The molecule has 0 radical (unpaired) electrons. The van der Waals surface area contributed by atoms with Crippen LogP contribution >= 0.6 is 0 Å². The van der Waals surface area contributed by atoms with Crippen LogP contribution in [0.4, 0.5) is 0 Å². The number of carbonyl (C=O) groups is 1. The standard InChI is InChI=1S/C19H26O2/c1-18(2)15-11-12-19(18,3)16(13-15)21-17(20)10-9-14-7-5-4-6-8-14/h4-8,15-16H,9-13H2,1-3H3/t15-,16-,19+/m1/s1. The zero-order valence-corrected chi connectivity index (χ0v) is 13.4. The molecule has 0 N–H and O–H groups in total. The van der Waals surface area contributed by atoms with E-state index in [4.69, 9.17) is 4.74 Å². The summed E-state index contributed by atoms with van der Waals surface area (Å²) in [7, 11) is 0. The largest absolute Gasteiger partial charge is 0.462 e. The first kappa shape index (κ1) is 14.6. The van der Waals surface area contributed by atoms with Gasteiger partial charge >= 0.3 is 5.97 Å². The van der Waals surface area contributed by atoms with Gasteiger partial charge in [-0.2, -0.15) is 0 Å². The number of aryl methyl sites for hydroxylation is 1. The minimum atomic E-state index is -0.0339. The molecular weight excluding hydrogens is 260 g/mol. The Morgan fingerprint density at radius 2 is 1.95 bits per heavy atom. The van der Waals surface area contributed by atoms with Crippen LogP contribution in [0.1, 0.15) is 52.0 Å². The topological polar surface area (TPSA) is 26.3 Å². The Balaban J connectivity index is 1.57. The van der Waals surface area contributed by atoms with Crippen LogP contribution in [0.3, 0.4) is 0 Å². The van der Waals surface area contributed by atoms with Gasteiger partial charge < -0.3 is 4.74 Å². The van der Waals surface area contributed by atoms with E-state index in [0.717, 1.165) is 18.8 Å². The molecule has 0 amide bonds. The Morgan fingerprint density at radius 1 is 1.24 bits per heavy atom. The average molecular weight is 286 g/mol. The molecule has 0 spiro atoms. The normalized spacial score (nSPS) is 33.1. The second-order valence-electron chi connectivity index (χ2n) is 7.57. The third-order valence-electron chi connectivity index (χ3n) is 6.45. The van der Waals surface area contributed by atoms with Gasteiger partial charge in [0.15, 0.2) is 0 Å². The third-order valence-corrected chi connectivity index (χ3v) is 6.45. The van der Waals surface area contributed by atoms with Crippen LogP contribution < -0.4 is 0 Å². The molecule has 0 heterocycles. The first-order valence-corrected chi connectivity index (χ1v) is 8.17. The van der Waals surface area contributed by atoms with Crippen molar-refractivity contribution < 1.29 is 9.53 Å². The van der Waals surface area contributed by atoms with Crippen molar-refractivity contribution in [1.82, 2.24) is 0 Å². The van der Waals surface area contributed by atoms with Gasteiger partial charge in [-0.1, -0.05) is 51.1 Å². The van der Waals surface area contributed by atoms with Crippen molar-refractivity contribution in [1.29, 1.82) is 0 Å². The van der Waals surface area contributed by atoms with Gasteiger partial charge in [0.1, 0.15) is 6.10 Å². The molecule has 3 rings (SSSR count). The molecule has 0 saturated heterocycles. The number of hydrogen-bond donors (Lipinski definition) is 0. The Labute approximate surface area is 127 Å². The van der Waals surface area contributed by atoms with Crippen molar-refractivity contribution in [2.45, 2.75) is 59.0 Å². The van der Waals surface area contributed by atoms with E-state index < -0.39 is 0 Å². The summed E-state index contributed by atoms with van der Waals surface area (Å²) >= 11 is 0. The SMILES string of the molecule is CC1(C)[C@@H]2CC[C@@]1(C)[C@H](OC(=O)CCc1ccccc1)C2. The fraction of sp³-hybridized carbons (Fsp3) is 0.632.